The lowest BCUT2D eigenvalue weighted by Gasteiger charge is -2.08. The van der Waals surface area contributed by atoms with Gasteiger partial charge in [-0.25, -0.2) is 10.1 Å². The highest BCUT2D eigenvalue weighted by molar-refractivity contribution is 5.94. The molecule has 4 N–H and O–H groups in total. The Morgan fingerprint density at radius 2 is 2.03 bits per heavy atom. The van der Waals surface area contributed by atoms with Crippen molar-refractivity contribution in [3.05, 3.63) is 46.8 Å². The second kappa shape index (κ2) is 8.61. The van der Waals surface area contributed by atoms with Crippen LogP contribution in [0.1, 0.15) is 47.1 Å². The van der Waals surface area contributed by atoms with Gasteiger partial charge in [0.15, 0.2) is 5.69 Å². The lowest BCUT2D eigenvalue weighted by Crippen LogP contribution is -3.04. The van der Waals surface area contributed by atoms with E-state index in [0.29, 0.717) is 18.2 Å². The number of hydrazone groups is 1. The molecule has 0 aliphatic heterocycles. The number of anilines is 1. The van der Waals surface area contributed by atoms with Crippen molar-refractivity contribution in [2.75, 3.05) is 19.8 Å². The first-order valence-corrected chi connectivity index (χ1v) is 9.12. The maximum Gasteiger partial charge on any atom is 0.294 e. The van der Waals surface area contributed by atoms with Gasteiger partial charge in [-0.2, -0.15) is 9.78 Å². The smallest absolute Gasteiger partial charge is 0.294 e. The minimum Gasteiger partial charge on any atom is -0.378 e. The van der Waals surface area contributed by atoms with Gasteiger partial charge in [0.05, 0.1) is 20.3 Å². The molecule has 2 aromatic heterocycles. The number of nitrogens with zero attached hydrogens (tertiary/aromatic N) is 6. The van der Waals surface area contributed by atoms with E-state index < -0.39 is 5.91 Å². The number of amides is 1. The molecule has 0 aliphatic rings. The summed E-state index contributed by atoms with van der Waals surface area (Å²) in [7, 11) is 3.87. The highest BCUT2D eigenvalue weighted by Crippen LogP contribution is 2.15. The van der Waals surface area contributed by atoms with Gasteiger partial charge in [0.1, 0.15) is 12.2 Å². The fraction of sp³-hybridized carbons (Fsp3) is 0.333. The Bertz CT molecular complexity index is 1000. The normalized spacial score (nSPS) is 11.7. The van der Waals surface area contributed by atoms with Gasteiger partial charge in [0.2, 0.25) is 11.6 Å². The largest absolute Gasteiger partial charge is 0.378 e. The summed E-state index contributed by atoms with van der Waals surface area (Å²) in [6, 6.07) is 7.96. The third kappa shape index (κ3) is 4.63. The molecule has 0 unspecified atom stereocenters. The van der Waals surface area contributed by atoms with Crippen molar-refractivity contribution in [2.24, 2.45) is 5.10 Å². The van der Waals surface area contributed by atoms with E-state index in [1.165, 1.54) is 10.2 Å². The van der Waals surface area contributed by atoms with Gasteiger partial charge in [0.25, 0.3) is 5.91 Å². The van der Waals surface area contributed by atoms with Gasteiger partial charge in [0, 0.05) is 0 Å². The zero-order valence-corrected chi connectivity index (χ0v) is 16.7. The van der Waals surface area contributed by atoms with E-state index in [2.05, 4.69) is 49.6 Å². The van der Waals surface area contributed by atoms with Gasteiger partial charge < -0.3 is 10.6 Å². The second-order valence-corrected chi connectivity index (χ2v) is 7.17. The molecule has 3 rings (SSSR count). The summed E-state index contributed by atoms with van der Waals surface area (Å²) in [5.41, 5.74) is 11.0. The second-order valence-electron chi connectivity index (χ2n) is 7.17. The highest BCUT2D eigenvalue weighted by atomic mass is 16.6. The Kier molecular flexibility index (Phi) is 5.98. The van der Waals surface area contributed by atoms with Crippen LogP contribution in [0.4, 0.5) is 5.82 Å². The predicted molar refractivity (Wildman–Crippen MR) is 106 cm³/mol. The van der Waals surface area contributed by atoms with E-state index in [1.54, 1.807) is 6.21 Å². The number of quaternary nitrogens is 1. The molecule has 0 saturated carbocycles. The summed E-state index contributed by atoms with van der Waals surface area (Å²) >= 11 is 0. The lowest BCUT2D eigenvalue weighted by atomic mass is 10.0. The Hall–Kier alpha value is -3.60. The summed E-state index contributed by atoms with van der Waals surface area (Å²) in [5.74, 6) is 0.202. The number of hydrogen-bond donors (Lipinski definition) is 3. The molecule has 29 heavy (non-hydrogen) atoms. The molecular formula is C18H24N9O2+. The third-order valence-electron chi connectivity index (χ3n) is 4.18. The average molecular weight is 398 g/mol. The lowest BCUT2D eigenvalue weighted by molar-refractivity contribution is -0.873. The van der Waals surface area contributed by atoms with Crippen LogP contribution in [0.15, 0.2) is 34.0 Å². The number of carbonyl (C=O) groups excluding carboxylic acids is 1. The molecule has 0 fully saturated rings. The van der Waals surface area contributed by atoms with Crippen molar-refractivity contribution in [1.82, 2.24) is 30.7 Å². The van der Waals surface area contributed by atoms with Crippen molar-refractivity contribution in [2.45, 2.75) is 26.3 Å². The summed E-state index contributed by atoms with van der Waals surface area (Å²) in [5, 5.41) is 19.2. The monoisotopic (exact) mass is 398 g/mol. The van der Waals surface area contributed by atoms with Crippen LogP contribution in [-0.2, 0) is 6.54 Å². The summed E-state index contributed by atoms with van der Waals surface area (Å²) < 4.78 is 5.97. The fourth-order valence-corrected chi connectivity index (χ4v) is 2.66. The van der Waals surface area contributed by atoms with E-state index in [0.717, 1.165) is 10.5 Å². The maximum absolute atomic E-state index is 12.6. The number of benzene rings is 1. The molecule has 1 amide bonds. The van der Waals surface area contributed by atoms with Crippen LogP contribution in [0.25, 0.3) is 5.82 Å². The molecule has 0 saturated heterocycles. The number of nitrogens with one attached hydrogen (secondary N) is 2. The Labute approximate surface area is 167 Å². The maximum atomic E-state index is 12.6. The van der Waals surface area contributed by atoms with Crippen LogP contribution in [0, 0.1) is 0 Å². The minimum absolute atomic E-state index is 0.0553. The molecule has 0 bridgehead atoms. The summed E-state index contributed by atoms with van der Waals surface area (Å²) in [4.78, 5) is 13.7. The van der Waals surface area contributed by atoms with Gasteiger partial charge in [-0.3, -0.25) is 4.79 Å². The minimum atomic E-state index is -0.488. The highest BCUT2D eigenvalue weighted by Gasteiger charge is 2.25. The van der Waals surface area contributed by atoms with Gasteiger partial charge in [-0.05, 0) is 27.4 Å². The molecule has 0 atom stereocenters. The molecule has 0 radical (unpaired) electrons. The van der Waals surface area contributed by atoms with Crippen molar-refractivity contribution < 1.29 is 14.3 Å². The van der Waals surface area contributed by atoms with Crippen molar-refractivity contribution in [3.8, 4) is 5.82 Å². The van der Waals surface area contributed by atoms with Crippen molar-refractivity contribution >= 4 is 17.9 Å². The Morgan fingerprint density at radius 1 is 1.31 bits per heavy atom. The number of rotatable bonds is 7. The van der Waals surface area contributed by atoms with Crippen LogP contribution in [0.3, 0.4) is 0 Å². The molecule has 11 nitrogen and oxygen atoms in total. The molecule has 0 aliphatic carbocycles. The van der Waals surface area contributed by atoms with Crippen LogP contribution >= 0.6 is 0 Å². The molecular weight excluding hydrogens is 374 g/mol. The van der Waals surface area contributed by atoms with Gasteiger partial charge >= 0.3 is 0 Å². The number of hydrogen-bond acceptors (Lipinski definition) is 8. The van der Waals surface area contributed by atoms with E-state index in [9.17, 15) is 4.79 Å². The van der Waals surface area contributed by atoms with E-state index >= 15 is 0 Å². The first kappa shape index (κ1) is 20.1. The topological polar surface area (TPSA) is 142 Å². The van der Waals surface area contributed by atoms with E-state index in [4.69, 9.17) is 5.73 Å². The third-order valence-corrected chi connectivity index (χ3v) is 4.18. The molecule has 0 spiro atoms. The predicted octanol–water partition coefficient (Wildman–Crippen LogP) is -0.236. The van der Waals surface area contributed by atoms with Gasteiger partial charge in [-0.15, -0.1) is 5.10 Å². The zero-order chi connectivity index (χ0) is 21.0. The Morgan fingerprint density at radius 3 is 2.62 bits per heavy atom. The van der Waals surface area contributed by atoms with Crippen molar-refractivity contribution in [1.29, 1.82) is 0 Å². The molecule has 11 heteroatoms. The fourth-order valence-electron chi connectivity index (χ4n) is 2.66. The van der Waals surface area contributed by atoms with E-state index in [1.807, 2.05) is 38.4 Å². The van der Waals surface area contributed by atoms with Crippen molar-refractivity contribution in [3.63, 3.8) is 0 Å². The molecule has 1 aromatic carbocycles. The summed E-state index contributed by atoms with van der Waals surface area (Å²) in [6.45, 7) is 4.71. The average Bonchev–Trinajstić information content (AvgIpc) is 3.27. The Balaban J connectivity index is 1.78. The number of nitrogens with two attached hydrogens (primary N) is 1. The molecule has 3 aromatic rings. The quantitative estimate of drug-likeness (QED) is 0.368. The van der Waals surface area contributed by atoms with Crippen LogP contribution in [0.5, 0.6) is 0 Å². The number of nitrogen functional groups attached to an aromatic ring is 1. The first-order chi connectivity index (χ1) is 13.9. The first-order valence-electron chi connectivity index (χ1n) is 9.12. The number of aromatic nitrogens is 5. The number of carbonyl (C=O) groups is 1. The van der Waals surface area contributed by atoms with Crippen LogP contribution in [-0.4, -0.2) is 51.5 Å². The zero-order valence-electron chi connectivity index (χ0n) is 16.7. The summed E-state index contributed by atoms with van der Waals surface area (Å²) in [6.07, 6.45) is 1.57. The molecule has 2 heterocycles. The van der Waals surface area contributed by atoms with Crippen LogP contribution < -0.4 is 16.1 Å². The van der Waals surface area contributed by atoms with Crippen LogP contribution in [0.2, 0.25) is 0 Å². The molecule has 152 valence electrons. The SMILES string of the molecule is CC(C)c1ccc(C=NNC(=O)c2nnn(-c3nonc3N)c2C[NH+](C)C)cc1. The van der Waals surface area contributed by atoms with E-state index in [-0.39, 0.29) is 17.3 Å². The standard InChI is InChI=1S/C18H23N9O2/c1-11(2)13-7-5-12(6-8-13)9-20-22-18(28)15-14(10-26(3)4)27(25-21-15)17-16(19)23-29-24-17/h5-9,11H,10H2,1-4H3,(H2,19,23)(H,22,28)/p+1. The van der Waals surface area contributed by atoms with Gasteiger partial charge in [-0.1, -0.05) is 43.3 Å².